The van der Waals surface area contributed by atoms with Gasteiger partial charge in [0, 0.05) is 17.9 Å². The zero-order valence-corrected chi connectivity index (χ0v) is 15.9. The molecule has 1 saturated heterocycles. The molecule has 1 aliphatic rings. The van der Waals surface area contributed by atoms with Crippen LogP contribution in [0.5, 0.6) is 5.75 Å². The van der Waals surface area contributed by atoms with Crippen LogP contribution in [-0.2, 0) is 4.79 Å². The van der Waals surface area contributed by atoms with Gasteiger partial charge in [0.2, 0.25) is 5.91 Å². The van der Waals surface area contributed by atoms with Gasteiger partial charge in [-0.15, -0.1) is 0 Å². The molecule has 2 N–H and O–H groups in total. The van der Waals surface area contributed by atoms with Crippen molar-refractivity contribution in [3.05, 3.63) is 53.6 Å². The van der Waals surface area contributed by atoms with Crippen molar-refractivity contribution in [2.24, 2.45) is 0 Å². The zero-order chi connectivity index (χ0) is 19.4. The zero-order valence-electron chi connectivity index (χ0n) is 15.9. The second kappa shape index (κ2) is 8.12. The Morgan fingerprint density at radius 1 is 1.15 bits per heavy atom. The number of amides is 3. The smallest absolute Gasteiger partial charge is 0.319 e. The lowest BCUT2D eigenvalue weighted by Gasteiger charge is -2.18. The van der Waals surface area contributed by atoms with Gasteiger partial charge in [0.25, 0.3) is 0 Å². The molecule has 0 spiro atoms. The number of ether oxygens (including phenoxy) is 1. The lowest BCUT2D eigenvalue weighted by atomic mass is 10.1. The number of hydrogen-bond donors (Lipinski definition) is 2. The fraction of sp³-hybridized carbons (Fsp3) is 0.333. The summed E-state index contributed by atoms with van der Waals surface area (Å²) in [6.07, 6.45) is 0.586. The van der Waals surface area contributed by atoms with E-state index in [2.05, 4.69) is 16.7 Å². The molecule has 6 heteroatoms. The molecule has 27 heavy (non-hydrogen) atoms. The van der Waals surface area contributed by atoms with Crippen LogP contribution in [0.4, 0.5) is 16.2 Å². The van der Waals surface area contributed by atoms with Gasteiger partial charge in [-0.2, -0.15) is 0 Å². The molecule has 1 fully saturated rings. The second-order valence-corrected chi connectivity index (χ2v) is 6.73. The first kappa shape index (κ1) is 18.8. The molecule has 0 radical (unpaired) electrons. The predicted molar refractivity (Wildman–Crippen MR) is 106 cm³/mol. The molecule has 3 rings (SSSR count). The third kappa shape index (κ3) is 4.58. The average Bonchev–Trinajstić information content (AvgIpc) is 2.96. The van der Waals surface area contributed by atoms with Crippen molar-refractivity contribution >= 4 is 23.3 Å². The van der Waals surface area contributed by atoms with Crippen molar-refractivity contribution in [2.45, 2.75) is 33.2 Å². The normalized spacial score (nSPS) is 16.3. The molecule has 0 bridgehead atoms. The molecule has 0 aromatic heterocycles. The molecule has 1 unspecified atom stereocenters. The van der Waals surface area contributed by atoms with E-state index >= 15 is 0 Å². The fourth-order valence-corrected chi connectivity index (χ4v) is 3.30. The lowest BCUT2D eigenvalue weighted by molar-refractivity contribution is -0.118. The molecule has 2 aromatic carbocycles. The Labute approximate surface area is 159 Å². The quantitative estimate of drug-likeness (QED) is 0.848. The van der Waals surface area contributed by atoms with Crippen LogP contribution in [0.15, 0.2) is 42.5 Å². The minimum atomic E-state index is -0.520. The number of rotatable bonds is 5. The Morgan fingerprint density at radius 3 is 2.44 bits per heavy atom. The first-order valence-corrected chi connectivity index (χ1v) is 9.16. The van der Waals surface area contributed by atoms with E-state index in [9.17, 15) is 9.59 Å². The van der Waals surface area contributed by atoms with Gasteiger partial charge in [-0.25, -0.2) is 4.79 Å². The van der Waals surface area contributed by atoms with Crippen molar-refractivity contribution in [1.82, 2.24) is 5.32 Å². The number of carbonyl (C=O) groups excluding carboxylic acids is 2. The number of benzene rings is 2. The lowest BCUT2D eigenvalue weighted by Crippen LogP contribution is -2.43. The van der Waals surface area contributed by atoms with Crippen molar-refractivity contribution in [3.8, 4) is 5.75 Å². The largest absolute Gasteiger partial charge is 0.494 e. The van der Waals surface area contributed by atoms with E-state index in [4.69, 9.17) is 4.74 Å². The van der Waals surface area contributed by atoms with Crippen LogP contribution < -0.4 is 20.3 Å². The molecule has 142 valence electrons. The summed E-state index contributed by atoms with van der Waals surface area (Å²) in [5.41, 5.74) is 3.76. The Bertz CT molecular complexity index is 813. The number of aryl methyl sites for hydroxylation is 2. The van der Waals surface area contributed by atoms with Crippen molar-refractivity contribution < 1.29 is 14.3 Å². The van der Waals surface area contributed by atoms with E-state index in [-0.39, 0.29) is 11.9 Å². The SMILES string of the molecule is CCOc1ccc(NC(=O)NC2CCN(c3cc(C)cc(C)c3)C2=O)cc1. The minimum absolute atomic E-state index is 0.0816. The number of carbonyl (C=O) groups is 2. The van der Waals surface area contributed by atoms with Crippen molar-refractivity contribution in [1.29, 1.82) is 0 Å². The maximum Gasteiger partial charge on any atom is 0.319 e. The van der Waals surface area contributed by atoms with Gasteiger partial charge in [0.1, 0.15) is 11.8 Å². The Hall–Kier alpha value is -3.02. The highest BCUT2D eigenvalue weighted by Gasteiger charge is 2.33. The standard InChI is InChI=1S/C21H25N3O3/c1-4-27-18-7-5-16(6-8-18)22-21(26)23-19-9-10-24(20(19)25)17-12-14(2)11-15(3)13-17/h5-8,11-13,19H,4,9-10H2,1-3H3,(H2,22,23,26). The third-order valence-corrected chi connectivity index (χ3v) is 4.45. The first-order chi connectivity index (χ1) is 13.0. The highest BCUT2D eigenvalue weighted by Crippen LogP contribution is 2.24. The predicted octanol–water partition coefficient (Wildman–Crippen LogP) is 3.63. The Balaban J connectivity index is 1.59. The molecule has 0 aliphatic carbocycles. The van der Waals surface area contributed by atoms with Crippen LogP contribution in [0, 0.1) is 13.8 Å². The summed E-state index contributed by atoms with van der Waals surface area (Å²) < 4.78 is 5.38. The Morgan fingerprint density at radius 2 is 1.81 bits per heavy atom. The van der Waals surface area contributed by atoms with Crippen molar-refractivity contribution in [3.63, 3.8) is 0 Å². The van der Waals surface area contributed by atoms with E-state index in [1.54, 1.807) is 29.2 Å². The highest BCUT2D eigenvalue weighted by molar-refractivity contribution is 6.02. The molecular formula is C21H25N3O3. The first-order valence-electron chi connectivity index (χ1n) is 9.16. The Kier molecular flexibility index (Phi) is 5.64. The molecule has 3 amide bonds. The topological polar surface area (TPSA) is 70.7 Å². The summed E-state index contributed by atoms with van der Waals surface area (Å²) >= 11 is 0. The summed E-state index contributed by atoms with van der Waals surface area (Å²) in [5.74, 6) is 0.667. The van der Waals surface area contributed by atoms with Gasteiger partial charge in [0.15, 0.2) is 0 Å². The van der Waals surface area contributed by atoms with Crippen LogP contribution in [-0.4, -0.2) is 31.1 Å². The van der Waals surface area contributed by atoms with Crippen LogP contribution >= 0.6 is 0 Å². The van der Waals surface area contributed by atoms with Crippen LogP contribution in [0.2, 0.25) is 0 Å². The third-order valence-electron chi connectivity index (χ3n) is 4.45. The van der Waals surface area contributed by atoms with Gasteiger partial charge in [-0.05, 0) is 74.7 Å². The summed E-state index contributed by atoms with van der Waals surface area (Å²) in [5, 5.41) is 5.53. The monoisotopic (exact) mass is 367 g/mol. The molecular weight excluding hydrogens is 342 g/mol. The highest BCUT2D eigenvalue weighted by atomic mass is 16.5. The van der Waals surface area contributed by atoms with Gasteiger partial charge in [0.05, 0.1) is 6.61 Å². The maximum absolute atomic E-state index is 12.7. The molecule has 0 saturated carbocycles. The number of nitrogens with one attached hydrogen (secondary N) is 2. The van der Waals surface area contributed by atoms with Gasteiger partial charge < -0.3 is 20.3 Å². The average molecular weight is 367 g/mol. The molecule has 1 atom stereocenters. The maximum atomic E-state index is 12.7. The van der Waals surface area contributed by atoms with Crippen LogP contribution in [0.1, 0.15) is 24.5 Å². The van der Waals surface area contributed by atoms with Gasteiger partial charge in [-0.1, -0.05) is 6.07 Å². The van der Waals surface area contributed by atoms with Crippen molar-refractivity contribution in [2.75, 3.05) is 23.4 Å². The minimum Gasteiger partial charge on any atom is -0.494 e. The fourth-order valence-electron chi connectivity index (χ4n) is 3.30. The molecule has 1 aliphatic heterocycles. The van der Waals surface area contributed by atoms with E-state index < -0.39 is 6.04 Å². The van der Waals surface area contributed by atoms with E-state index in [1.807, 2.05) is 32.9 Å². The van der Waals surface area contributed by atoms with Gasteiger partial charge in [-0.3, -0.25) is 4.79 Å². The number of hydrogen-bond acceptors (Lipinski definition) is 3. The number of urea groups is 1. The summed E-state index contributed by atoms with van der Waals surface area (Å²) in [6.45, 7) is 7.12. The number of anilines is 2. The van der Waals surface area contributed by atoms with Gasteiger partial charge >= 0.3 is 6.03 Å². The molecule has 2 aromatic rings. The van der Waals surface area contributed by atoms with E-state index in [0.29, 0.717) is 25.3 Å². The van der Waals surface area contributed by atoms with Crippen LogP contribution in [0.25, 0.3) is 0 Å². The summed E-state index contributed by atoms with van der Waals surface area (Å²) in [6, 6.07) is 12.3. The molecule has 6 nitrogen and oxygen atoms in total. The molecule has 1 heterocycles. The van der Waals surface area contributed by atoms with E-state index in [0.717, 1.165) is 22.6 Å². The summed E-state index contributed by atoms with van der Waals surface area (Å²) in [4.78, 5) is 26.7. The second-order valence-electron chi connectivity index (χ2n) is 6.73. The van der Waals surface area contributed by atoms with Crippen LogP contribution in [0.3, 0.4) is 0 Å². The van der Waals surface area contributed by atoms with E-state index in [1.165, 1.54) is 0 Å². The number of nitrogens with zero attached hydrogens (tertiary/aromatic N) is 1. The summed E-state index contributed by atoms with van der Waals surface area (Å²) in [7, 11) is 0.